The predicted octanol–water partition coefficient (Wildman–Crippen LogP) is 15.6. The molecular formula is C59H58IrN4OSi-2. The molecule has 4 aromatic heterocycles. The van der Waals surface area contributed by atoms with Crippen molar-refractivity contribution in [1.29, 1.82) is 0 Å². The van der Waals surface area contributed by atoms with Gasteiger partial charge in [0, 0.05) is 44.1 Å². The number of hydrogen-bond donors (Lipinski definition) is 0. The van der Waals surface area contributed by atoms with Gasteiger partial charge in [0.15, 0.2) is 0 Å². The average molecular weight is 1060 g/mol. The van der Waals surface area contributed by atoms with Crippen molar-refractivity contribution in [2.75, 3.05) is 0 Å². The van der Waals surface area contributed by atoms with Crippen LogP contribution < -0.4 is 5.19 Å². The summed E-state index contributed by atoms with van der Waals surface area (Å²) in [5.41, 5.74) is 15.9. The van der Waals surface area contributed by atoms with E-state index in [4.69, 9.17) is 15.8 Å². The summed E-state index contributed by atoms with van der Waals surface area (Å²) in [6.45, 7) is 24.5. The molecule has 0 atom stereocenters. The van der Waals surface area contributed by atoms with Crippen molar-refractivity contribution in [3.8, 4) is 39.5 Å². The Labute approximate surface area is 406 Å². The Morgan fingerprint density at radius 1 is 0.727 bits per heavy atom. The summed E-state index contributed by atoms with van der Waals surface area (Å²) in [7, 11) is -1.62. The van der Waals surface area contributed by atoms with E-state index in [-0.39, 0.29) is 25.5 Å². The number of benzene rings is 6. The molecule has 0 spiro atoms. The van der Waals surface area contributed by atoms with Crippen LogP contribution in [-0.4, -0.2) is 27.6 Å². The van der Waals surface area contributed by atoms with Gasteiger partial charge in [-0.15, -0.1) is 59.7 Å². The number of hydrogen-bond acceptors (Lipinski definition) is 4. The summed E-state index contributed by atoms with van der Waals surface area (Å²) in [5, 5.41) is 4.32. The van der Waals surface area contributed by atoms with Gasteiger partial charge in [0.2, 0.25) is 5.71 Å². The van der Waals surface area contributed by atoms with Gasteiger partial charge in [0.25, 0.3) is 0 Å². The standard InChI is InChI=1S/C33H33N2.C26H25N2OSi.Ir/c1-22(2)27-20-25(26-17-11-10-14-23(26)3)21-28(33(4,5)6)31(27)35-30-19-13-12-18-29(30)34-32(35)24-15-8-7-9-16-24;1-16(2)19-14-23(27-15-25(19)30(3,4)5)18-10-11-24-20(12-18)21-13-17-8-6-7-9-22(17)28-26(21)29-24;/h7-15,17-22H,1-6H3;6-9,11-16H,1-5H3;/q2*-1;/i;16D;. The van der Waals surface area contributed by atoms with Crippen LogP contribution >= 0.6 is 0 Å². The normalized spacial score (nSPS) is 12.4. The number of pyridine rings is 2. The third-order valence-electron chi connectivity index (χ3n) is 12.4. The van der Waals surface area contributed by atoms with E-state index in [2.05, 4.69) is 180 Å². The first-order chi connectivity index (χ1) is 31.4. The van der Waals surface area contributed by atoms with Gasteiger partial charge in [-0.2, -0.15) is 0 Å². The summed E-state index contributed by atoms with van der Waals surface area (Å²) < 4.78 is 17.1. The van der Waals surface area contributed by atoms with Crippen LogP contribution in [0.15, 0.2) is 144 Å². The van der Waals surface area contributed by atoms with Crippen molar-refractivity contribution < 1.29 is 25.9 Å². The minimum absolute atomic E-state index is 0. The summed E-state index contributed by atoms with van der Waals surface area (Å²) >= 11 is 0. The topological polar surface area (TPSA) is 56.7 Å². The van der Waals surface area contributed by atoms with Crippen LogP contribution in [0.2, 0.25) is 19.6 Å². The fourth-order valence-corrected chi connectivity index (χ4v) is 10.5. The van der Waals surface area contributed by atoms with Gasteiger partial charge in [-0.3, -0.25) is 4.98 Å². The Kier molecular flexibility index (Phi) is 12.6. The van der Waals surface area contributed by atoms with E-state index in [0.717, 1.165) is 66.5 Å². The molecule has 0 aliphatic carbocycles. The monoisotopic (exact) mass is 1060 g/mol. The minimum atomic E-state index is -1.62. The number of aryl methyl sites for hydroxylation is 1. The van der Waals surface area contributed by atoms with Crippen molar-refractivity contribution in [3.05, 3.63) is 174 Å². The van der Waals surface area contributed by atoms with Crippen LogP contribution in [0.4, 0.5) is 0 Å². The average Bonchev–Trinajstić information content (AvgIpc) is 3.85. The molecule has 0 aliphatic rings. The largest absolute Gasteiger partial charge is 0.486 e. The molecule has 1 radical (unpaired) electrons. The smallest absolute Gasteiger partial charge is 0.216 e. The van der Waals surface area contributed by atoms with Crippen LogP contribution in [0, 0.1) is 19.1 Å². The molecule has 0 saturated carbocycles. The molecule has 66 heavy (non-hydrogen) atoms. The number of para-hydroxylation sites is 3. The molecular weight excluding hydrogens is 1000 g/mol. The Morgan fingerprint density at radius 3 is 2.14 bits per heavy atom. The minimum Gasteiger partial charge on any atom is -0.486 e. The number of rotatable bonds is 7. The number of furan rings is 1. The maximum Gasteiger partial charge on any atom is 0.216 e. The van der Waals surface area contributed by atoms with E-state index in [1.54, 1.807) is 0 Å². The van der Waals surface area contributed by atoms with Crippen LogP contribution in [-0.2, 0) is 25.5 Å². The first kappa shape index (κ1) is 45.2. The van der Waals surface area contributed by atoms with E-state index in [9.17, 15) is 0 Å². The van der Waals surface area contributed by atoms with Crippen LogP contribution in [0.1, 0.15) is 83.9 Å². The SMILES string of the molecule is Cc1ccccc1-c1cc(C(C)C)c(-n2c(-c3[c-]cccc3)nc3ccccc32)c(C(C)(C)C)c1.[2H]C(C)(C)c1cc(-c2[c-]cc3oc4nc5ccccc5cc4c3c2)ncc1[Si](C)(C)C.[Ir]. The molecule has 0 saturated heterocycles. The zero-order valence-electron chi connectivity index (χ0n) is 40.9. The summed E-state index contributed by atoms with van der Waals surface area (Å²) in [4.78, 5) is 14.6. The van der Waals surface area contributed by atoms with Gasteiger partial charge < -0.3 is 14.0 Å². The zero-order chi connectivity index (χ0) is 46.7. The van der Waals surface area contributed by atoms with Crippen LogP contribution in [0.5, 0.6) is 0 Å². The number of nitrogens with zero attached hydrogens (tertiary/aromatic N) is 4. The van der Waals surface area contributed by atoms with E-state index in [1.165, 1.54) is 38.7 Å². The third kappa shape index (κ3) is 8.97. The van der Waals surface area contributed by atoms with Gasteiger partial charge in [0.05, 0.1) is 36.0 Å². The van der Waals surface area contributed by atoms with Crippen molar-refractivity contribution in [2.24, 2.45) is 0 Å². The molecule has 0 unspecified atom stereocenters. The Bertz CT molecular complexity index is 3420. The summed E-state index contributed by atoms with van der Waals surface area (Å²) in [6, 6.07) is 53.0. The number of aromatic nitrogens is 4. The molecule has 0 bridgehead atoms. The van der Waals surface area contributed by atoms with Crippen molar-refractivity contribution in [1.82, 2.24) is 19.5 Å². The van der Waals surface area contributed by atoms with Gasteiger partial charge in [-0.25, -0.2) is 4.98 Å². The van der Waals surface area contributed by atoms with Crippen LogP contribution in [0.3, 0.4) is 0 Å². The number of fused-ring (bicyclic) bond motifs is 5. The Morgan fingerprint density at radius 2 is 1.44 bits per heavy atom. The molecule has 10 rings (SSSR count). The fourth-order valence-electron chi connectivity index (χ4n) is 8.94. The first-order valence-corrected chi connectivity index (χ1v) is 26.2. The molecule has 0 N–H and O–H groups in total. The molecule has 6 aromatic carbocycles. The van der Waals surface area contributed by atoms with Crippen molar-refractivity contribution >= 4 is 57.3 Å². The van der Waals surface area contributed by atoms with E-state index < -0.39 is 14.0 Å². The Hall–Kier alpha value is -5.98. The quantitative estimate of drug-likeness (QED) is 0.118. The van der Waals surface area contributed by atoms with Gasteiger partial charge in [0.1, 0.15) is 0 Å². The van der Waals surface area contributed by atoms with E-state index >= 15 is 0 Å². The zero-order valence-corrected chi connectivity index (χ0v) is 43.3. The van der Waals surface area contributed by atoms with Gasteiger partial charge in [-0.1, -0.05) is 140 Å². The fraction of sp³-hybridized carbons (Fsp3) is 0.237. The van der Waals surface area contributed by atoms with Crippen molar-refractivity contribution in [3.63, 3.8) is 0 Å². The van der Waals surface area contributed by atoms with E-state index in [1.807, 2.05) is 56.4 Å². The molecule has 7 heteroatoms. The second-order valence-electron chi connectivity index (χ2n) is 19.8. The summed E-state index contributed by atoms with van der Waals surface area (Å²) in [5.74, 6) is 0.578. The molecule has 4 heterocycles. The molecule has 0 aliphatic heterocycles. The molecule has 0 fully saturated rings. The van der Waals surface area contributed by atoms with Crippen molar-refractivity contribution in [2.45, 2.75) is 92.3 Å². The first-order valence-electron chi connectivity index (χ1n) is 23.2. The second kappa shape index (κ2) is 18.4. The molecule has 5 nitrogen and oxygen atoms in total. The second-order valence-corrected chi connectivity index (χ2v) is 24.9. The maximum absolute atomic E-state index is 8.70. The molecule has 0 amide bonds. The van der Waals surface area contributed by atoms with E-state index in [0.29, 0.717) is 11.6 Å². The predicted molar refractivity (Wildman–Crippen MR) is 276 cm³/mol. The van der Waals surface area contributed by atoms with Gasteiger partial charge in [-0.05, 0) is 99.2 Å². The van der Waals surface area contributed by atoms with Crippen LogP contribution in [0.25, 0.3) is 83.5 Å². The molecule has 10 aromatic rings. The Balaban J connectivity index is 0.000000180. The van der Waals surface area contributed by atoms with Gasteiger partial charge >= 0.3 is 0 Å². The number of imidazole rings is 1. The third-order valence-corrected chi connectivity index (χ3v) is 14.4. The summed E-state index contributed by atoms with van der Waals surface area (Å²) in [6.07, 6.45) is 1.98. The molecule has 335 valence electrons. The maximum atomic E-state index is 8.70.